The van der Waals surface area contributed by atoms with Crippen molar-refractivity contribution in [1.82, 2.24) is 4.31 Å². The molecule has 30 heavy (non-hydrogen) atoms. The fraction of sp³-hybridized carbons (Fsp3) is 0.182. The van der Waals surface area contributed by atoms with Gasteiger partial charge in [-0.3, -0.25) is 10.1 Å². The van der Waals surface area contributed by atoms with Crippen molar-refractivity contribution in [1.29, 1.82) is 0 Å². The molecule has 3 aromatic carbocycles. The molecule has 1 saturated heterocycles. The van der Waals surface area contributed by atoms with E-state index in [0.29, 0.717) is 18.8 Å². The van der Waals surface area contributed by atoms with Crippen LogP contribution in [0.25, 0.3) is 11.1 Å². The summed E-state index contributed by atoms with van der Waals surface area (Å²) in [6.45, 7) is 0.859. The smallest absolute Gasteiger partial charge is 0.312 e. The van der Waals surface area contributed by atoms with Crippen molar-refractivity contribution < 1.29 is 18.1 Å². The number of sulfonamides is 1. The second-order valence-electron chi connectivity index (χ2n) is 6.96. The first-order valence-electron chi connectivity index (χ1n) is 9.58. The number of hydrogen-bond acceptors (Lipinski definition) is 5. The summed E-state index contributed by atoms with van der Waals surface area (Å²) in [6, 6.07) is 20.5. The maximum absolute atomic E-state index is 12.8. The molecule has 3 aromatic rings. The molecule has 1 aliphatic heterocycles. The normalized spacial score (nSPS) is 14.5. The van der Waals surface area contributed by atoms with Gasteiger partial charge in [0.25, 0.3) is 0 Å². The number of nitro benzene ring substituents is 1. The molecule has 8 heteroatoms. The molecular formula is C22H20N2O5S. The van der Waals surface area contributed by atoms with Gasteiger partial charge < -0.3 is 4.74 Å². The fourth-order valence-corrected chi connectivity index (χ4v) is 5.03. The summed E-state index contributed by atoms with van der Waals surface area (Å²) in [5.41, 5.74) is 1.29. The van der Waals surface area contributed by atoms with Crippen LogP contribution in [0.2, 0.25) is 0 Å². The molecule has 1 aliphatic rings. The Kier molecular flexibility index (Phi) is 5.52. The molecule has 0 unspecified atom stereocenters. The molecule has 0 radical (unpaired) electrons. The average Bonchev–Trinajstić information content (AvgIpc) is 3.31. The van der Waals surface area contributed by atoms with Crippen molar-refractivity contribution in [3.63, 3.8) is 0 Å². The van der Waals surface area contributed by atoms with E-state index in [0.717, 1.165) is 30.0 Å². The number of nitrogens with zero attached hydrogens (tertiary/aromatic N) is 2. The molecule has 0 saturated carbocycles. The zero-order chi connectivity index (χ0) is 21.1. The first-order valence-corrected chi connectivity index (χ1v) is 11.0. The molecule has 7 nitrogen and oxygen atoms in total. The van der Waals surface area contributed by atoms with Crippen molar-refractivity contribution in [3.05, 3.63) is 82.9 Å². The van der Waals surface area contributed by atoms with Crippen LogP contribution in [0.3, 0.4) is 0 Å². The SMILES string of the molecule is O=[N+]([O-])c1cc(S(=O)(=O)N2CCCC2)ccc1Oc1ccccc1-c1ccccc1. The van der Waals surface area contributed by atoms with Crippen molar-refractivity contribution in [2.45, 2.75) is 17.7 Å². The molecule has 0 amide bonds. The highest BCUT2D eigenvalue weighted by molar-refractivity contribution is 7.89. The predicted octanol–water partition coefficient (Wildman–Crippen LogP) is 4.84. The quantitative estimate of drug-likeness (QED) is 0.417. The van der Waals surface area contributed by atoms with Gasteiger partial charge >= 0.3 is 5.69 Å². The van der Waals surface area contributed by atoms with E-state index in [-0.39, 0.29) is 10.6 Å². The van der Waals surface area contributed by atoms with Crippen molar-refractivity contribution in [2.24, 2.45) is 0 Å². The lowest BCUT2D eigenvalue weighted by atomic mass is 10.0. The number of ether oxygens (including phenoxy) is 1. The Morgan fingerprint density at radius 2 is 1.53 bits per heavy atom. The van der Waals surface area contributed by atoms with Gasteiger partial charge in [0.15, 0.2) is 0 Å². The van der Waals surface area contributed by atoms with Gasteiger partial charge in [0.05, 0.1) is 9.82 Å². The van der Waals surface area contributed by atoms with E-state index in [1.54, 1.807) is 12.1 Å². The topological polar surface area (TPSA) is 89.8 Å². The Bertz CT molecular complexity index is 1170. The molecule has 1 heterocycles. The van der Waals surface area contributed by atoms with Gasteiger partial charge in [-0.2, -0.15) is 4.31 Å². The van der Waals surface area contributed by atoms with Crippen LogP contribution in [-0.2, 0) is 10.0 Å². The highest BCUT2D eigenvalue weighted by Gasteiger charge is 2.30. The molecule has 0 atom stereocenters. The van der Waals surface area contributed by atoms with Crippen LogP contribution in [0.5, 0.6) is 11.5 Å². The van der Waals surface area contributed by atoms with Crippen molar-refractivity contribution in [2.75, 3.05) is 13.1 Å². The fourth-order valence-electron chi connectivity index (χ4n) is 3.49. The third-order valence-electron chi connectivity index (χ3n) is 5.02. The number of benzene rings is 3. The highest BCUT2D eigenvalue weighted by Crippen LogP contribution is 2.38. The van der Waals surface area contributed by atoms with Crippen LogP contribution in [-0.4, -0.2) is 30.7 Å². The third kappa shape index (κ3) is 3.92. The van der Waals surface area contributed by atoms with Crippen LogP contribution in [0.1, 0.15) is 12.8 Å². The van der Waals surface area contributed by atoms with Crippen LogP contribution in [0.15, 0.2) is 77.7 Å². The molecule has 4 rings (SSSR count). The molecule has 0 aliphatic carbocycles. The Morgan fingerprint density at radius 3 is 2.23 bits per heavy atom. The summed E-state index contributed by atoms with van der Waals surface area (Å²) in [4.78, 5) is 11.0. The van der Waals surface area contributed by atoms with E-state index < -0.39 is 20.6 Å². The monoisotopic (exact) mass is 424 g/mol. The largest absolute Gasteiger partial charge is 0.449 e. The minimum absolute atomic E-state index is 0.0104. The highest BCUT2D eigenvalue weighted by atomic mass is 32.2. The number of hydrogen-bond donors (Lipinski definition) is 0. The Balaban J connectivity index is 1.72. The van der Waals surface area contributed by atoms with Gasteiger partial charge in [-0.15, -0.1) is 0 Å². The molecular weight excluding hydrogens is 404 g/mol. The lowest BCUT2D eigenvalue weighted by Crippen LogP contribution is -2.27. The second kappa shape index (κ2) is 8.25. The summed E-state index contributed by atoms with van der Waals surface area (Å²) >= 11 is 0. The first kappa shape index (κ1) is 20.1. The molecule has 0 aromatic heterocycles. The minimum atomic E-state index is -3.76. The number of para-hydroxylation sites is 1. The maximum Gasteiger partial charge on any atom is 0.312 e. The van der Waals surface area contributed by atoms with E-state index in [1.807, 2.05) is 42.5 Å². The summed E-state index contributed by atoms with van der Waals surface area (Å²) < 4.78 is 32.8. The standard InChI is InChI=1S/C22H20N2O5S/c25-24(26)20-16-18(30(27,28)23-14-6-7-15-23)12-13-22(20)29-21-11-5-4-10-19(21)17-8-2-1-3-9-17/h1-5,8-13,16H,6-7,14-15H2. The summed E-state index contributed by atoms with van der Waals surface area (Å²) in [7, 11) is -3.76. The summed E-state index contributed by atoms with van der Waals surface area (Å²) in [5.74, 6) is 0.436. The summed E-state index contributed by atoms with van der Waals surface area (Å²) in [6.07, 6.45) is 1.58. The Hall–Kier alpha value is -3.23. The van der Waals surface area contributed by atoms with Crippen LogP contribution in [0.4, 0.5) is 5.69 Å². The van der Waals surface area contributed by atoms with E-state index in [2.05, 4.69) is 0 Å². The minimum Gasteiger partial charge on any atom is -0.449 e. The second-order valence-corrected chi connectivity index (χ2v) is 8.90. The van der Waals surface area contributed by atoms with Gasteiger partial charge in [-0.05, 0) is 36.6 Å². The average molecular weight is 424 g/mol. The zero-order valence-corrected chi connectivity index (χ0v) is 16.9. The molecule has 0 N–H and O–H groups in total. The van der Waals surface area contributed by atoms with Crippen molar-refractivity contribution in [3.8, 4) is 22.6 Å². The zero-order valence-electron chi connectivity index (χ0n) is 16.1. The molecule has 0 spiro atoms. The number of rotatable bonds is 6. The molecule has 1 fully saturated rings. The van der Waals surface area contributed by atoms with E-state index >= 15 is 0 Å². The van der Waals surface area contributed by atoms with E-state index in [4.69, 9.17) is 4.74 Å². The summed E-state index contributed by atoms with van der Waals surface area (Å²) in [5, 5.41) is 11.7. The molecule has 0 bridgehead atoms. The van der Waals surface area contributed by atoms with Gasteiger partial charge in [0, 0.05) is 24.7 Å². The Morgan fingerprint density at radius 1 is 0.867 bits per heavy atom. The lowest BCUT2D eigenvalue weighted by Gasteiger charge is -2.16. The maximum atomic E-state index is 12.8. The van der Waals surface area contributed by atoms with Crippen LogP contribution < -0.4 is 4.74 Å². The third-order valence-corrected chi connectivity index (χ3v) is 6.92. The van der Waals surface area contributed by atoms with Crippen LogP contribution >= 0.6 is 0 Å². The lowest BCUT2D eigenvalue weighted by molar-refractivity contribution is -0.385. The predicted molar refractivity (Wildman–Crippen MR) is 113 cm³/mol. The Labute approximate surface area is 174 Å². The van der Waals surface area contributed by atoms with E-state index in [1.165, 1.54) is 16.4 Å². The van der Waals surface area contributed by atoms with E-state index in [9.17, 15) is 18.5 Å². The number of nitro groups is 1. The van der Waals surface area contributed by atoms with Gasteiger partial charge in [-0.25, -0.2) is 8.42 Å². The first-order chi connectivity index (χ1) is 14.5. The van der Waals surface area contributed by atoms with Crippen LogP contribution in [0, 0.1) is 10.1 Å². The molecule has 154 valence electrons. The van der Waals surface area contributed by atoms with Crippen molar-refractivity contribution >= 4 is 15.7 Å². The van der Waals surface area contributed by atoms with Gasteiger partial charge in [0.2, 0.25) is 15.8 Å². The van der Waals surface area contributed by atoms with Gasteiger partial charge in [0.1, 0.15) is 5.75 Å². The van der Waals surface area contributed by atoms with Gasteiger partial charge in [-0.1, -0.05) is 48.5 Å².